The van der Waals surface area contributed by atoms with Gasteiger partial charge in [0.05, 0.1) is 5.60 Å². The molecule has 3 heteroatoms. The van der Waals surface area contributed by atoms with E-state index in [2.05, 4.69) is 35.2 Å². The molecule has 3 N–H and O–H groups in total. The zero-order valence-electron chi connectivity index (χ0n) is 11.3. The van der Waals surface area contributed by atoms with Crippen molar-refractivity contribution >= 4 is 16.5 Å². The van der Waals surface area contributed by atoms with Crippen LogP contribution in [0.25, 0.3) is 10.8 Å². The lowest BCUT2D eigenvalue weighted by Crippen LogP contribution is -2.29. The summed E-state index contributed by atoms with van der Waals surface area (Å²) in [5.74, 6) is 0. The summed E-state index contributed by atoms with van der Waals surface area (Å²) in [6, 6.07) is 12.6. The van der Waals surface area contributed by atoms with E-state index in [9.17, 15) is 5.11 Å². The van der Waals surface area contributed by atoms with Gasteiger partial charge in [0.15, 0.2) is 0 Å². The van der Waals surface area contributed by atoms with Crippen molar-refractivity contribution in [3.05, 3.63) is 42.0 Å². The number of hydrogen-bond donors (Lipinski definition) is 2. The molecular formula is C16H20N2O. The predicted molar refractivity (Wildman–Crippen MR) is 79.3 cm³/mol. The molecule has 1 heterocycles. The van der Waals surface area contributed by atoms with Crippen molar-refractivity contribution in [3.8, 4) is 0 Å². The fourth-order valence-corrected chi connectivity index (χ4v) is 2.95. The molecule has 0 saturated carbocycles. The molecular weight excluding hydrogens is 236 g/mol. The van der Waals surface area contributed by atoms with Crippen LogP contribution in [0.5, 0.6) is 0 Å². The Morgan fingerprint density at radius 3 is 2.58 bits per heavy atom. The number of rotatable bonds is 2. The summed E-state index contributed by atoms with van der Waals surface area (Å²) in [6.45, 7) is 4.06. The van der Waals surface area contributed by atoms with Gasteiger partial charge >= 0.3 is 0 Å². The van der Waals surface area contributed by atoms with Gasteiger partial charge < -0.3 is 15.7 Å². The van der Waals surface area contributed by atoms with Gasteiger partial charge in [-0.1, -0.05) is 30.3 Å². The van der Waals surface area contributed by atoms with Crippen LogP contribution in [0.2, 0.25) is 0 Å². The van der Waals surface area contributed by atoms with E-state index in [0.717, 1.165) is 13.0 Å². The maximum atomic E-state index is 10.1. The van der Waals surface area contributed by atoms with Crippen LogP contribution < -0.4 is 10.6 Å². The first kappa shape index (κ1) is 12.5. The first-order chi connectivity index (χ1) is 9.11. The second kappa shape index (κ2) is 4.51. The Bertz CT molecular complexity index is 607. The van der Waals surface area contributed by atoms with Crippen LogP contribution in [-0.2, 0) is 6.54 Å². The van der Waals surface area contributed by atoms with Crippen molar-refractivity contribution in [1.29, 1.82) is 0 Å². The maximum Gasteiger partial charge on any atom is 0.0810 e. The molecule has 2 aromatic rings. The summed E-state index contributed by atoms with van der Waals surface area (Å²) in [5.41, 5.74) is 7.60. The zero-order valence-corrected chi connectivity index (χ0v) is 11.3. The van der Waals surface area contributed by atoms with Crippen molar-refractivity contribution < 1.29 is 5.11 Å². The molecule has 0 aromatic heterocycles. The third-order valence-corrected chi connectivity index (χ3v) is 4.00. The quantitative estimate of drug-likeness (QED) is 0.866. The predicted octanol–water partition coefficient (Wildman–Crippen LogP) is 2.26. The van der Waals surface area contributed by atoms with Gasteiger partial charge in [-0.25, -0.2) is 0 Å². The minimum Gasteiger partial charge on any atom is -0.388 e. The third kappa shape index (κ3) is 2.20. The lowest BCUT2D eigenvalue weighted by atomic mass is 10.0. The third-order valence-electron chi connectivity index (χ3n) is 4.00. The SMILES string of the molecule is CC1(O)CCN(c2ccc(CN)c3ccccc23)C1. The fourth-order valence-electron chi connectivity index (χ4n) is 2.95. The Balaban J connectivity index is 2.10. The van der Waals surface area contributed by atoms with Gasteiger partial charge in [-0.2, -0.15) is 0 Å². The number of nitrogens with two attached hydrogens (primary N) is 1. The van der Waals surface area contributed by atoms with Gasteiger partial charge in [0, 0.05) is 30.7 Å². The van der Waals surface area contributed by atoms with E-state index < -0.39 is 5.60 Å². The van der Waals surface area contributed by atoms with Gasteiger partial charge in [-0.3, -0.25) is 0 Å². The minimum atomic E-state index is -0.576. The first-order valence-corrected chi connectivity index (χ1v) is 6.79. The van der Waals surface area contributed by atoms with Crippen molar-refractivity contribution in [2.24, 2.45) is 5.73 Å². The number of benzene rings is 2. The lowest BCUT2D eigenvalue weighted by molar-refractivity contribution is 0.0839. The fraction of sp³-hybridized carbons (Fsp3) is 0.375. The van der Waals surface area contributed by atoms with Crippen molar-refractivity contribution in [1.82, 2.24) is 0 Å². The molecule has 1 aliphatic rings. The maximum absolute atomic E-state index is 10.1. The molecule has 1 saturated heterocycles. The summed E-state index contributed by atoms with van der Waals surface area (Å²) in [4.78, 5) is 2.27. The molecule has 1 atom stereocenters. The van der Waals surface area contributed by atoms with Crippen LogP contribution in [0.1, 0.15) is 18.9 Å². The highest BCUT2D eigenvalue weighted by Crippen LogP contribution is 2.33. The molecule has 0 bridgehead atoms. The average molecular weight is 256 g/mol. The first-order valence-electron chi connectivity index (χ1n) is 6.79. The smallest absolute Gasteiger partial charge is 0.0810 e. The lowest BCUT2D eigenvalue weighted by Gasteiger charge is -2.23. The summed E-state index contributed by atoms with van der Waals surface area (Å²) in [6.07, 6.45) is 0.819. The Morgan fingerprint density at radius 2 is 1.95 bits per heavy atom. The molecule has 0 amide bonds. The van der Waals surface area contributed by atoms with Crippen LogP contribution >= 0.6 is 0 Å². The number of β-amino-alcohol motifs (C(OH)–C–C–N with tert-alkyl or cyclic N) is 1. The van der Waals surface area contributed by atoms with E-state index in [1.807, 2.05) is 13.0 Å². The zero-order chi connectivity index (χ0) is 13.5. The molecule has 3 rings (SSSR count). The summed E-state index contributed by atoms with van der Waals surface area (Å²) < 4.78 is 0. The Kier molecular flexibility index (Phi) is 2.96. The molecule has 19 heavy (non-hydrogen) atoms. The van der Waals surface area contributed by atoms with E-state index in [-0.39, 0.29) is 0 Å². The van der Waals surface area contributed by atoms with Crippen LogP contribution in [0.3, 0.4) is 0 Å². The molecule has 1 fully saturated rings. The highest BCUT2D eigenvalue weighted by atomic mass is 16.3. The van der Waals surface area contributed by atoms with Crippen molar-refractivity contribution in [2.75, 3.05) is 18.0 Å². The van der Waals surface area contributed by atoms with Gasteiger partial charge in [0.2, 0.25) is 0 Å². The highest BCUT2D eigenvalue weighted by molar-refractivity contribution is 5.96. The molecule has 2 aromatic carbocycles. The molecule has 0 spiro atoms. The van der Waals surface area contributed by atoms with Crippen molar-refractivity contribution in [3.63, 3.8) is 0 Å². The second-order valence-electron chi connectivity index (χ2n) is 5.66. The van der Waals surface area contributed by atoms with E-state index in [0.29, 0.717) is 13.1 Å². The number of hydrogen-bond acceptors (Lipinski definition) is 3. The van der Waals surface area contributed by atoms with Gasteiger partial charge in [0.1, 0.15) is 0 Å². The van der Waals surface area contributed by atoms with Gasteiger partial charge in [0.25, 0.3) is 0 Å². The van der Waals surface area contributed by atoms with E-state index in [1.165, 1.54) is 22.0 Å². The molecule has 0 aliphatic carbocycles. The highest BCUT2D eigenvalue weighted by Gasteiger charge is 2.32. The van der Waals surface area contributed by atoms with Crippen LogP contribution in [0.4, 0.5) is 5.69 Å². The normalized spacial score (nSPS) is 23.2. The van der Waals surface area contributed by atoms with E-state index in [4.69, 9.17) is 5.73 Å². The Labute approximate surface area is 113 Å². The molecule has 3 nitrogen and oxygen atoms in total. The van der Waals surface area contributed by atoms with Gasteiger partial charge in [-0.05, 0) is 30.4 Å². The van der Waals surface area contributed by atoms with Crippen LogP contribution in [-0.4, -0.2) is 23.8 Å². The number of fused-ring (bicyclic) bond motifs is 1. The number of nitrogens with zero attached hydrogens (tertiary/aromatic N) is 1. The van der Waals surface area contributed by atoms with Gasteiger partial charge in [-0.15, -0.1) is 0 Å². The molecule has 1 aliphatic heterocycles. The van der Waals surface area contributed by atoms with E-state index in [1.54, 1.807) is 0 Å². The monoisotopic (exact) mass is 256 g/mol. The van der Waals surface area contributed by atoms with E-state index >= 15 is 0 Å². The summed E-state index contributed by atoms with van der Waals surface area (Å²) >= 11 is 0. The van der Waals surface area contributed by atoms with Crippen LogP contribution in [0, 0.1) is 0 Å². The number of aliphatic hydroxyl groups is 1. The molecule has 1 unspecified atom stereocenters. The van der Waals surface area contributed by atoms with Crippen LogP contribution in [0.15, 0.2) is 36.4 Å². The topological polar surface area (TPSA) is 49.5 Å². The van der Waals surface area contributed by atoms with Crippen molar-refractivity contribution in [2.45, 2.75) is 25.5 Å². The minimum absolute atomic E-state index is 0.554. The number of anilines is 1. The summed E-state index contributed by atoms with van der Waals surface area (Å²) in [5, 5.41) is 12.6. The standard InChI is InChI=1S/C16H20N2O/c1-16(19)8-9-18(11-16)15-7-6-12(10-17)13-4-2-3-5-14(13)15/h2-7,19H,8-11,17H2,1H3. The average Bonchev–Trinajstić information content (AvgIpc) is 2.77. The molecule has 100 valence electrons. The largest absolute Gasteiger partial charge is 0.388 e. The molecule has 0 radical (unpaired) electrons. The summed E-state index contributed by atoms with van der Waals surface area (Å²) in [7, 11) is 0. The second-order valence-corrected chi connectivity index (χ2v) is 5.66. The Hall–Kier alpha value is -1.58. The Morgan fingerprint density at radius 1 is 1.21 bits per heavy atom.